The molecule has 0 bridgehead atoms. The van der Waals surface area contributed by atoms with E-state index in [0.717, 1.165) is 21.9 Å². The number of rotatable bonds is 1. The van der Waals surface area contributed by atoms with Gasteiger partial charge in [-0.25, -0.2) is 4.68 Å². The van der Waals surface area contributed by atoms with Gasteiger partial charge in [0.1, 0.15) is 5.82 Å². The topological polar surface area (TPSA) is 43.8 Å². The van der Waals surface area contributed by atoms with Gasteiger partial charge in [-0.3, -0.25) is 0 Å². The molecular weight excluding hydrogens is 266 g/mol. The zero-order chi connectivity index (χ0) is 11.9. The van der Waals surface area contributed by atoms with Crippen molar-refractivity contribution >= 4 is 21.7 Å². The molecule has 16 heavy (non-hydrogen) atoms. The van der Waals surface area contributed by atoms with E-state index in [1.54, 1.807) is 0 Å². The summed E-state index contributed by atoms with van der Waals surface area (Å²) in [6.45, 7) is 6.62. The molecule has 3 atom stereocenters. The number of anilines is 1. The first-order valence-corrected chi connectivity index (χ1v) is 6.80. The van der Waals surface area contributed by atoms with Crippen LogP contribution in [-0.2, 0) is 0 Å². The highest BCUT2D eigenvalue weighted by atomic mass is 79.9. The first kappa shape index (κ1) is 12.0. The van der Waals surface area contributed by atoms with Crippen LogP contribution in [0.3, 0.4) is 0 Å². The standard InChI is InChI=1S/C12H20BrN3/c1-7-4-5-8(2)10(6-7)16-12(14)11(13)9(3)15-16/h7-8,10H,4-6,14H2,1-3H3. The zero-order valence-electron chi connectivity index (χ0n) is 10.2. The lowest BCUT2D eigenvalue weighted by atomic mass is 9.80. The van der Waals surface area contributed by atoms with Crippen molar-refractivity contribution in [1.82, 2.24) is 9.78 Å². The van der Waals surface area contributed by atoms with Crippen LogP contribution in [-0.4, -0.2) is 9.78 Å². The van der Waals surface area contributed by atoms with Gasteiger partial charge < -0.3 is 5.73 Å². The maximum atomic E-state index is 6.10. The molecule has 1 aliphatic carbocycles. The first-order chi connectivity index (χ1) is 7.50. The van der Waals surface area contributed by atoms with Gasteiger partial charge in [0.15, 0.2) is 0 Å². The predicted molar refractivity (Wildman–Crippen MR) is 70.3 cm³/mol. The van der Waals surface area contributed by atoms with Crippen molar-refractivity contribution in [2.45, 2.75) is 46.1 Å². The quantitative estimate of drug-likeness (QED) is 0.858. The molecule has 3 nitrogen and oxygen atoms in total. The van der Waals surface area contributed by atoms with Gasteiger partial charge in [0.2, 0.25) is 0 Å². The number of hydrogen-bond acceptors (Lipinski definition) is 2. The SMILES string of the molecule is Cc1nn(C2CC(C)CCC2C)c(N)c1Br. The second-order valence-corrected chi connectivity index (χ2v) is 5.99. The monoisotopic (exact) mass is 285 g/mol. The van der Waals surface area contributed by atoms with E-state index in [2.05, 4.69) is 34.9 Å². The molecule has 1 fully saturated rings. The highest BCUT2D eigenvalue weighted by Crippen LogP contribution is 2.39. The van der Waals surface area contributed by atoms with Gasteiger partial charge >= 0.3 is 0 Å². The lowest BCUT2D eigenvalue weighted by Crippen LogP contribution is -2.26. The van der Waals surface area contributed by atoms with E-state index in [1.165, 1.54) is 19.3 Å². The maximum Gasteiger partial charge on any atom is 0.136 e. The van der Waals surface area contributed by atoms with E-state index in [0.29, 0.717) is 12.0 Å². The number of aryl methyl sites for hydroxylation is 1. The molecule has 0 spiro atoms. The molecule has 4 heteroatoms. The molecule has 2 N–H and O–H groups in total. The third-order valence-corrected chi connectivity index (χ3v) is 4.76. The molecule has 0 saturated heterocycles. The molecule has 1 saturated carbocycles. The maximum absolute atomic E-state index is 6.10. The summed E-state index contributed by atoms with van der Waals surface area (Å²) in [4.78, 5) is 0. The summed E-state index contributed by atoms with van der Waals surface area (Å²) in [7, 11) is 0. The zero-order valence-corrected chi connectivity index (χ0v) is 11.8. The summed E-state index contributed by atoms with van der Waals surface area (Å²) < 4.78 is 2.98. The Morgan fingerprint density at radius 3 is 2.62 bits per heavy atom. The average Bonchev–Trinajstić information content (AvgIpc) is 2.50. The van der Waals surface area contributed by atoms with E-state index >= 15 is 0 Å². The third kappa shape index (κ3) is 1.99. The molecule has 0 aromatic carbocycles. The van der Waals surface area contributed by atoms with Gasteiger partial charge in [-0.1, -0.05) is 20.3 Å². The van der Waals surface area contributed by atoms with Crippen molar-refractivity contribution in [3.63, 3.8) is 0 Å². The number of nitrogens with zero attached hydrogens (tertiary/aromatic N) is 2. The number of hydrogen-bond donors (Lipinski definition) is 1. The Morgan fingerprint density at radius 1 is 1.38 bits per heavy atom. The molecule has 1 aromatic heterocycles. The second kappa shape index (κ2) is 4.40. The Morgan fingerprint density at radius 2 is 2.06 bits per heavy atom. The predicted octanol–water partition coefficient (Wildman–Crippen LogP) is 3.53. The van der Waals surface area contributed by atoms with Gasteiger partial charge in [0.25, 0.3) is 0 Å². The minimum Gasteiger partial charge on any atom is -0.383 e. The molecule has 0 aliphatic heterocycles. The number of halogens is 1. The van der Waals surface area contributed by atoms with E-state index in [9.17, 15) is 0 Å². The number of nitrogens with two attached hydrogens (primary N) is 1. The summed E-state index contributed by atoms with van der Waals surface area (Å²) in [5, 5.41) is 4.56. The summed E-state index contributed by atoms with van der Waals surface area (Å²) in [5.74, 6) is 2.23. The fraction of sp³-hybridized carbons (Fsp3) is 0.750. The highest BCUT2D eigenvalue weighted by molar-refractivity contribution is 9.10. The van der Waals surface area contributed by atoms with E-state index in [-0.39, 0.29) is 0 Å². The van der Waals surface area contributed by atoms with Crippen LogP contribution in [0.5, 0.6) is 0 Å². The molecular formula is C12H20BrN3. The van der Waals surface area contributed by atoms with Gasteiger partial charge in [-0.05, 0) is 47.5 Å². The van der Waals surface area contributed by atoms with Crippen molar-refractivity contribution in [2.24, 2.45) is 11.8 Å². The minimum absolute atomic E-state index is 0.466. The smallest absolute Gasteiger partial charge is 0.136 e. The van der Waals surface area contributed by atoms with Crippen LogP contribution < -0.4 is 5.73 Å². The van der Waals surface area contributed by atoms with Crippen molar-refractivity contribution in [3.05, 3.63) is 10.2 Å². The van der Waals surface area contributed by atoms with E-state index < -0.39 is 0 Å². The molecule has 1 heterocycles. The summed E-state index contributed by atoms with van der Waals surface area (Å²) in [6.07, 6.45) is 3.81. The van der Waals surface area contributed by atoms with Crippen LogP contribution in [0.15, 0.2) is 4.47 Å². The van der Waals surface area contributed by atoms with Gasteiger partial charge in [0.05, 0.1) is 16.2 Å². The Hall–Kier alpha value is -0.510. The van der Waals surface area contributed by atoms with Crippen LogP contribution in [0.25, 0.3) is 0 Å². The van der Waals surface area contributed by atoms with Crippen LogP contribution >= 0.6 is 15.9 Å². The molecule has 3 unspecified atom stereocenters. The Kier molecular flexibility index (Phi) is 3.29. The first-order valence-electron chi connectivity index (χ1n) is 6.00. The lowest BCUT2D eigenvalue weighted by molar-refractivity contribution is 0.196. The minimum atomic E-state index is 0.466. The fourth-order valence-electron chi connectivity index (χ4n) is 2.64. The molecule has 2 rings (SSSR count). The van der Waals surface area contributed by atoms with Crippen LogP contribution in [0.4, 0.5) is 5.82 Å². The Bertz CT molecular complexity index is 386. The van der Waals surface area contributed by atoms with Crippen molar-refractivity contribution in [3.8, 4) is 0 Å². The molecule has 0 amide bonds. The number of aromatic nitrogens is 2. The van der Waals surface area contributed by atoms with Crippen molar-refractivity contribution in [2.75, 3.05) is 5.73 Å². The second-order valence-electron chi connectivity index (χ2n) is 5.19. The summed E-state index contributed by atoms with van der Waals surface area (Å²) >= 11 is 3.49. The Labute approximate surface area is 106 Å². The van der Waals surface area contributed by atoms with Crippen LogP contribution in [0.1, 0.15) is 44.8 Å². The normalized spacial score (nSPS) is 30.6. The fourth-order valence-corrected chi connectivity index (χ4v) is 2.90. The van der Waals surface area contributed by atoms with Crippen LogP contribution in [0.2, 0.25) is 0 Å². The molecule has 1 aromatic rings. The molecule has 0 radical (unpaired) electrons. The van der Waals surface area contributed by atoms with Gasteiger partial charge in [0, 0.05) is 0 Å². The number of nitrogen functional groups attached to an aromatic ring is 1. The Balaban J connectivity index is 2.31. The summed E-state index contributed by atoms with van der Waals surface area (Å²) in [5.41, 5.74) is 7.08. The van der Waals surface area contributed by atoms with Gasteiger partial charge in [-0.2, -0.15) is 5.10 Å². The molecule has 90 valence electrons. The summed E-state index contributed by atoms with van der Waals surface area (Å²) in [6, 6.07) is 0.466. The third-order valence-electron chi connectivity index (χ3n) is 3.78. The van der Waals surface area contributed by atoms with Gasteiger partial charge in [-0.15, -0.1) is 0 Å². The molecule has 1 aliphatic rings. The average molecular weight is 286 g/mol. The van der Waals surface area contributed by atoms with Crippen LogP contribution in [0, 0.1) is 18.8 Å². The van der Waals surface area contributed by atoms with E-state index in [4.69, 9.17) is 5.73 Å². The van der Waals surface area contributed by atoms with E-state index in [1.807, 2.05) is 11.6 Å². The largest absolute Gasteiger partial charge is 0.383 e. The lowest BCUT2D eigenvalue weighted by Gasteiger charge is -2.33. The van der Waals surface area contributed by atoms with Crippen molar-refractivity contribution in [1.29, 1.82) is 0 Å². The van der Waals surface area contributed by atoms with Crippen molar-refractivity contribution < 1.29 is 0 Å². The highest BCUT2D eigenvalue weighted by Gasteiger charge is 2.29.